The summed E-state index contributed by atoms with van der Waals surface area (Å²) in [6.45, 7) is 10.1. The summed E-state index contributed by atoms with van der Waals surface area (Å²) in [5, 5.41) is 0. The quantitative estimate of drug-likeness (QED) is 0.429. The van der Waals surface area contributed by atoms with Crippen molar-refractivity contribution in [1.29, 1.82) is 0 Å². The normalized spacial score (nSPS) is 14.9. The van der Waals surface area contributed by atoms with Crippen molar-refractivity contribution in [3.05, 3.63) is 79.9 Å². The van der Waals surface area contributed by atoms with Gasteiger partial charge in [-0.1, -0.05) is 51.4 Å². The number of fused-ring (bicyclic) bond motifs is 1. The predicted octanol–water partition coefficient (Wildman–Crippen LogP) is 6.84. The number of Topliss-reactive ketones (excluding diaryl/α,β-unsaturated/α-hetero) is 1. The first-order valence-electron chi connectivity index (χ1n) is 9.10. The number of rotatable bonds is 4. The van der Waals surface area contributed by atoms with Gasteiger partial charge >= 0.3 is 0 Å². The van der Waals surface area contributed by atoms with Gasteiger partial charge < -0.3 is 0 Å². The molecule has 1 aliphatic rings. The zero-order chi connectivity index (χ0) is 20.6. The fraction of sp³-hybridized carbons (Fsp3) is 0.217. The van der Waals surface area contributed by atoms with Crippen LogP contribution in [0.25, 0.3) is 5.57 Å². The van der Waals surface area contributed by atoms with Crippen LogP contribution in [-0.4, -0.2) is 11.7 Å². The number of halogens is 2. The second-order valence-electron chi connectivity index (χ2n) is 6.88. The van der Waals surface area contributed by atoms with Gasteiger partial charge in [0.15, 0.2) is 0 Å². The van der Waals surface area contributed by atoms with Crippen LogP contribution in [-0.2, 0) is 4.79 Å². The van der Waals surface area contributed by atoms with E-state index in [1.54, 1.807) is 11.0 Å². The summed E-state index contributed by atoms with van der Waals surface area (Å²) in [7, 11) is 0. The van der Waals surface area contributed by atoms with E-state index in [4.69, 9.17) is 0 Å². The van der Waals surface area contributed by atoms with Gasteiger partial charge in [-0.2, -0.15) is 0 Å². The number of carbonyl (C=O) groups excluding carboxylic acids is 2. The molecule has 0 bridgehead atoms. The molecule has 2 aromatic carbocycles. The lowest BCUT2D eigenvalue weighted by molar-refractivity contribution is -0.118. The number of nitrogens with zero attached hydrogens (tertiary/aromatic N) is 1. The number of aryl methyl sites for hydroxylation is 1. The summed E-state index contributed by atoms with van der Waals surface area (Å²) in [6, 6.07) is 11.4. The van der Waals surface area contributed by atoms with Gasteiger partial charge in [0.2, 0.25) is 11.7 Å². The van der Waals surface area contributed by atoms with E-state index in [0.29, 0.717) is 35.4 Å². The molecule has 0 atom stereocenters. The molecule has 0 saturated carbocycles. The fourth-order valence-corrected chi connectivity index (χ4v) is 4.29. The van der Waals surface area contributed by atoms with Crippen LogP contribution in [0.2, 0.25) is 0 Å². The van der Waals surface area contributed by atoms with Crippen LogP contribution in [0.3, 0.4) is 0 Å². The van der Waals surface area contributed by atoms with E-state index < -0.39 is 0 Å². The lowest BCUT2D eigenvalue weighted by atomic mass is 9.94. The van der Waals surface area contributed by atoms with Crippen molar-refractivity contribution < 1.29 is 9.59 Å². The first-order chi connectivity index (χ1) is 13.3. The third-order valence-electron chi connectivity index (χ3n) is 4.92. The van der Waals surface area contributed by atoms with Crippen LogP contribution in [0.5, 0.6) is 0 Å². The number of hydrogen-bond donors (Lipinski definition) is 0. The molecule has 28 heavy (non-hydrogen) atoms. The Morgan fingerprint density at radius 1 is 1.11 bits per heavy atom. The van der Waals surface area contributed by atoms with Crippen LogP contribution in [0.4, 0.5) is 5.69 Å². The monoisotopic (exact) mass is 501 g/mol. The van der Waals surface area contributed by atoms with Crippen LogP contribution in [0.15, 0.2) is 63.2 Å². The van der Waals surface area contributed by atoms with Crippen molar-refractivity contribution in [3.8, 4) is 0 Å². The molecular weight excluding hydrogens is 482 g/mol. The molecule has 144 valence electrons. The Bertz CT molecular complexity index is 1040. The highest BCUT2D eigenvalue weighted by molar-refractivity contribution is 9.10. The second kappa shape index (κ2) is 8.18. The van der Waals surface area contributed by atoms with Gasteiger partial charge in [-0.3, -0.25) is 14.5 Å². The number of ketones is 1. The van der Waals surface area contributed by atoms with Gasteiger partial charge in [0, 0.05) is 20.9 Å². The van der Waals surface area contributed by atoms with Crippen molar-refractivity contribution in [1.82, 2.24) is 0 Å². The smallest absolute Gasteiger partial charge is 0.231 e. The van der Waals surface area contributed by atoms with Gasteiger partial charge in [0.25, 0.3) is 0 Å². The minimum absolute atomic E-state index is 0.0811. The zero-order valence-electron chi connectivity index (χ0n) is 16.1. The van der Waals surface area contributed by atoms with Gasteiger partial charge in [-0.05, 0) is 72.9 Å². The Balaban J connectivity index is 2.17. The first-order valence-corrected chi connectivity index (χ1v) is 10.7. The van der Waals surface area contributed by atoms with Gasteiger partial charge in [-0.25, -0.2) is 0 Å². The fourth-order valence-electron chi connectivity index (χ4n) is 3.46. The van der Waals surface area contributed by atoms with E-state index in [2.05, 4.69) is 38.4 Å². The molecule has 0 fully saturated rings. The molecule has 2 aromatic rings. The molecule has 5 heteroatoms. The van der Waals surface area contributed by atoms with E-state index in [1.807, 2.05) is 51.1 Å². The molecule has 1 aliphatic heterocycles. The van der Waals surface area contributed by atoms with Crippen molar-refractivity contribution in [3.63, 3.8) is 0 Å². The maximum absolute atomic E-state index is 13.2. The molecule has 0 aromatic heterocycles. The molecule has 0 N–H and O–H groups in total. The van der Waals surface area contributed by atoms with Gasteiger partial charge in [-0.15, -0.1) is 0 Å². The number of benzene rings is 2. The SMILES string of the molecule is C=C(/C(C)=C1/C(=O)c2ccc(Br)cc2N1C(=O)CCC)c1ccc(Br)cc1C. The Hall–Kier alpha value is -1.98. The Kier molecular flexibility index (Phi) is 6.06. The topological polar surface area (TPSA) is 37.4 Å². The molecule has 1 amide bonds. The van der Waals surface area contributed by atoms with Crippen molar-refractivity contribution in [2.45, 2.75) is 33.6 Å². The number of carbonyl (C=O) groups is 2. The summed E-state index contributed by atoms with van der Waals surface area (Å²) >= 11 is 6.93. The van der Waals surface area contributed by atoms with E-state index in [1.165, 1.54) is 0 Å². The molecule has 3 rings (SSSR count). The van der Waals surface area contributed by atoms with Crippen molar-refractivity contribution in [2.24, 2.45) is 0 Å². The predicted molar refractivity (Wildman–Crippen MR) is 121 cm³/mol. The lowest BCUT2D eigenvalue weighted by Crippen LogP contribution is -2.29. The third kappa shape index (κ3) is 3.65. The Labute approximate surface area is 182 Å². The second-order valence-corrected chi connectivity index (χ2v) is 8.71. The highest BCUT2D eigenvalue weighted by Gasteiger charge is 2.37. The van der Waals surface area contributed by atoms with Crippen molar-refractivity contribution >= 4 is 54.8 Å². The maximum Gasteiger partial charge on any atom is 0.231 e. The third-order valence-corrected chi connectivity index (χ3v) is 5.91. The Morgan fingerprint density at radius 3 is 2.39 bits per heavy atom. The standard InChI is InChI=1S/C23H21Br2NO2/c1-5-6-21(27)26-20-12-17(25)8-10-19(20)23(28)22(26)15(4)14(3)18-9-7-16(24)11-13(18)2/h7-12H,3,5-6H2,1-2,4H3/b22-15-. The summed E-state index contributed by atoms with van der Waals surface area (Å²) in [4.78, 5) is 27.7. The first kappa shape index (κ1) is 20.7. The number of amides is 1. The Morgan fingerprint density at radius 2 is 1.75 bits per heavy atom. The number of anilines is 1. The van der Waals surface area contributed by atoms with Crippen LogP contribution in [0.1, 0.15) is 48.2 Å². The molecule has 0 radical (unpaired) electrons. The highest BCUT2D eigenvalue weighted by Crippen LogP contribution is 2.41. The van der Waals surface area contributed by atoms with Gasteiger partial charge in [0.05, 0.1) is 5.69 Å². The largest absolute Gasteiger partial charge is 0.287 e. The molecule has 1 heterocycles. The van der Waals surface area contributed by atoms with E-state index in [9.17, 15) is 9.59 Å². The van der Waals surface area contributed by atoms with E-state index in [0.717, 1.165) is 25.6 Å². The average Bonchev–Trinajstić information content (AvgIpc) is 2.92. The lowest BCUT2D eigenvalue weighted by Gasteiger charge is -2.22. The molecule has 0 spiro atoms. The highest BCUT2D eigenvalue weighted by atomic mass is 79.9. The minimum Gasteiger partial charge on any atom is -0.287 e. The van der Waals surface area contributed by atoms with E-state index >= 15 is 0 Å². The van der Waals surface area contributed by atoms with Crippen LogP contribution in [0, 0.1) is 6.92 Å². The van der Waals surface area contributed by atoms with Crippen LogP contribution < -0.4 is 4.90 Å². The molecule has 0 unspecified atom stereocenters. The maximum atomic E-state index is 13.2. The summed E-state index contributed by atoms with van der Waals surface area (Å²) in [6.07, 6.45) is 1.09. The summed E-state index contributed by atoms with van der Waals surface area (Å²) in [5.41, 5.74) is 5.05. The van der Waals surface area contributed by atoms with Gasteiger partial charge in [0.1, 0.15) is 5.70 Å². The summed E-state index contributed by atoms with van der Waals surface area (Å²) in [5.74, 6) is -0.220. The number of hydrogen-bond acceptors (Lipinski definition) is 2. The van der Waals surface area contributed by atoms with E-state index in [-0.39, 0.29) is 11.7 Å². The minimum atomic E-state index is -0.139. The average molecular weight is 503 g/mol. The number of allylic oxidation sites excluding steroid dienone is 3. The zero-order valence-corrected chi connectivity index (χ0v) is 19.3. The van der Waals surface area contributed by atoms with Crippen molar-refractivity contribution in [2.75, 3.05) is 4.90 Å². The molecule has 3 nitrogen and oxygen atoms in total. The van der Waals surface area contributed by atoms with Crippen LogP contribution >= 0.6 is 31.9 Å². The molecule has 0 aliphatic carbocycles. The molecule has 0 saturated heterocycles. The summed E-state index contributed by atoms with van der Waals surface area (Å²) < 4.78 is 1.82. The molecular formula is C23H21Br2NO2.